The second-order valence-electron chi connectivity index (χ2n) is 9.56. The highest BCUT2D eigenvalue weighted by molar-refractivity contribution is 6.51. The van der Waals surface area contributed by atoms with E-state index in [1.165, 1.54) is 10.8 Å². The molecule has 3 aliphatic rings. The fourth-order valence-corrected chi connectivity index (χ4v) is 5.94. The minimum Gasteiger partial charge on any atom is -0.354 e. The van der Waals surface area contributed by atoms with Gasteiger partial charge in [0.15, 0.2) is 0 Å². The lowest BCUT2D eigenvalue weighted by Crippen LogP contribution is -2.49. The van der Waals surface area contributed by atoms with Crippen molar-refractivity contribution in [2.45, 2.75) is 43.1 Å². The Labute approximate surface area is 195 Å². The number of piperidine rings is 1. The molecule has 0 radical (unpaired) electrons. The van der Waals surface area contributed by atoms with E-state index in [4.69, 9.17) is 28.9 Å². The molecule has 8 nitrogen and oxygen atoms in total. The zero-order chi connectivity index (χ0) is 23.0. The molecular formula is C22H25Cl2N5O3. The smallest absolute Gasteiger partial charge is 0.323 e. The standard InChI is InChI=1S/C22H25Cl2N5O3/c1-21(2)17(22(21,23)24)9-26-18(30)16-8-11-7-15(11)29(16)20(32)27-13-10-28(19(25)31)14-6-4-3-5-12(13)14/h3-6,10-11,15-17H,7-9H2,1-2H3,(H2,25,31)(H,26,30)(H,27,32)/t11-,15-,16+,17?/m1/s1. The molecule has 4 N–H and O–H groups in total. The van der Waals surface area contributed by atoms with E-state index in [0.717, 1.165) is 6.42 Å². The van der Waals surface area contributed by atoms with Crippen molar-refractivity contribution in [2.24, 2.45) is 23.0 Å². The minimum atomic E-state index is -0.857. The van der Waals surface area contributed by atoms with Gasteiger partial charge >= 0.3 is 12.1 Å². The van der Waals surface area contributed by atoms with Gasteiger partial charge in [-0.2, -0.15) is 0 Å². The van der Waals surface area contributed by atoms with Crippen molar-refractivity contribution in [3.63, 3.8) is 0 Å². The predicted molar refractivity (Wildman–Crippen MR) is 123 cm³/mol. The molecule has 1 aromatic heterocycles. The number of primary amides is 1. The topological polar surface area (TPSA) is 109 Å². The second-order valence-corrected chi connectivity index (χ2v) is 10.9. The van der Waals surface area contributed by atoms with Gasteiger partial charge in [0.1, 0.15) is 10.4 Å². The van der Waals surface area contributed by atoms with E-state index in [0.29, 0.717) is 35.5 Å². The zero-order valence-electron chi connectivity index (χ0n) is 17.8. The molecule has 2 saturated carbocycles. The van der Waals surface area contributed by atoms with Crippen LogP contribution < -0.4 is 16.4 Å². The van der Waals surface area contributed by atoms with Gasteiger partial charge in [-0.05, 0) is 24.8 Å². The number of benzene rings is 1. The van der Waals surface area contributed by atoms with Crippen LogP contribution in [-0.2, 0) is 4.79 Å². The maximum Gasteiger partial charge on any atom is 0.323 e. The lowest BCUT2D eigenvalue weighted by atomic mass is 10.1. The van der Waals surface area contributed by atoms with Crippen molar-refractivity contribution in [3.8, 4) is 0 Å². The lowest BCUT2D eigenvalue weighted by Gasteiger charge is -2.27. The Morgan fingerprint density at radius 1 is 1.19 bits per heavy atom. The van der Waals surface area contributed by atoms with Crippen molar-refractivity contribution in [1.29, 1.82) is 0 Å². The first-order chi connectivity index (χ1) is 15.0. The summed E-state index contributed by atoms with van der Waals surface area (Å²) in [6, 6.07) is 5.67. The molecule has 10 heteroatoms. The van der Waals surface area contributed by atoms with Gasteiger partial charge in [-0.1, -0.05) is 32.0 Å². The number of carbonyl (C=O) groups excluding carboxylic acids is 3. The maximum atomic E-state index is 13.2. The number of likely N-dealkylation sites (tertiary alicyclic amines) is 1. The largest absolute Gasteiger partial charge is 0.354 e. The molecule has 4 amide bonds. The Bertz CT molecular complexity index is 1130. The predicted octanol–water partition coefficient (Wildman–Crippen LogP) is 3.51. The van der Waals surface area contributed by atoms with Crippen LogP contribution in [0.5, 0.6) is 0 Å². The van der Waals surface area contributed by atoms with E-state index in [2.05, 4.69) is 10.6 Å². The summed E-state index contributed by atoms with van der Waals surface area (Å²) in [6.45, 7) is 4.31. The number of halogens is 2. The van der Waals surface area contributed by atoms with E-state index in [-0.39, 0.29) is 29.3 Å². The number of carbonyl (C=O) groups is 3. The number of urea groups is 1. The van der Waals surface area contributed by atoms with Crippen LogP contribution in [0.25, 0.3) is 10.9 Å². The summed E-state index contributed by atoms with van der Waals surface area (Å²) in [6.07, 6.45) is 3.03. The third-order valence-corrected chi connectivity index (χ3v) is 8.90. The van der Waals surface area contributed by atoms with Gasteiger partial charge in [0.05, 0.1) is 11.2 Å². The van der Waals surface area contributed by atoms with E-state index in [9.17, 15) is 14.4 Å². The van der Waals surface area contributed by atoms with Gasteiger partial charge in [0.2, 0.25) is 5.91 Å². The van der Waals surface area contributed by atoms with Crippen LogP contribution in [-0.4, -0.2) is 50.4 Å². The number of para-hydroxylation sites is 1. The van der Waals surface area contributed by atoms with E-state index in [1.807, 2.05) is 19.9 Å². The first-order valence-corrected chi connectivity index (χ1v) is 11.4. The Kier molecular flexibility index (Phi) is 4.70. The second kappa shape index (κ2) is 7.02. The molecule has 32 heavy (non-hydrogen) atoms. The molecule has 3 fully saturated rings. The van der Waals surface area contributed by atoms with Gasteiger partial charge < -0.3 is 21.3 Å². The SMILES string of the molecule is CC1(C)C(CNC(=O)[C@@H]2C[C@H]3C[C@H]3N2C(=O)Nc2cn(C(N)=O)c3ccccc23)C1(Cl)Cl. The monoisotopic (exact) mass is 477 g/mol. The van der Waals surface area contributed by atoms with Crippen molar-refractivity contribution in [3.05, 3.63) is 30.5 Å². The van der Waals surface area contributed by atoms with Gasteiger partial charge in [0.25, 0.3) is 0 Å². The molecule has 170 valence electrons. The summed E-state index contributed by atoms with van der Waals surface area (Å²) in [5.41, 5.74) is 6.27. The van der Waals surface area contributed by atoms with Crippen LogP contribution in [0.2, 0.25) is 0 Å². The highest BCUT2D eigenvalue weighted by Crippen LogP contribution is 2.68. The molecule has 1 saturated heterocycles. The maximum absolute atomic E-state index is 13.2. The lowest BCUT2D eigenvalue weighted by molar-refractivity contribution is -0.125. The summed E-state index contributed by atoms with van der Waals surface area (Å²) < 4.78 is 0.435. The molecule has 1 aromatic carbocycles. The molecule has 1 unspecified atom stereocenters. The minimum absolute atomic E-state index is 0.0413. The fourth-order valence-electron chi connectivity index (χ4n) is 5.09. The fraction of sp³-hybridized carbons (Fsp3) is 0.500. The van der Waals surface area contributed by atoms with Crippen molar-refractivity contribution < 1.29 is 14.4 Å². The Morgan fingerprint density at radius 3 is 2.53 bits per heavy atom. The molecule has 0 bridgehead atoms. The molecule has 2 aromatic rings. The number of hydrogen-bond acceptors (Lipinski definition) is 3. The molecule has 5 rings (SSSR count). The number of nitrogens with two attached hydrogens (primary N) is 1. The third-order valence-electron chi connectivity index (χ3n) is 7.40. The summed E-state index contributed by atoms with van der Waals surface area (Å²) in [5, 5.41) is 6.52. The molecule has 0 spiro atoms. The van der Waals surface area contributed by atoms with Gasteiger partial charge in [-0.3, -0.25) is 9.36 Å². The van der Waals surface area contributed by atoms with Crippen LogP contribution in [0.4, 0.5) is 15.3 Å². The van der Waals surface area contributed by atoms with E-state index >= 15 is 0 Å². The molecular weight excluding hydrogens is 453 g/mol. The van der Waals surface area contributed by atoms with Crippen LogP contribution >= 0.6 is 23.2 Å². The van der Waals surface area contributed by atoms with Crippen LogP contribution in [0.1, 0.15) is 26.7 Å². The van der Waals surface area contributed by atoms with E-state index in [1.54, 1.807) is 23.1 Å². The molecule has 1 aliphatic heterocycles. The Balaban J connectivity index is 1.31. The molecule has 2 aliphatic carbocycles. The number of nitrogens with zero attached hydrogens (tertiary/aromatic N) is 2. The first-order valence-electron chi connectivity index (χ1n) is 10.7. The van der Waals surface area contributed by atoms with Crippen LogP contribution in [0.3, 0.4) is 0 Å². The van der Waals surface area contributed by atoms with Crippen molar-refractivity contribution in [1.82, 2.24) is 14.8 Å². The number of rotatable bonds is 4. The number of alkyl halides is 2. The van der Waals surface area contributed by atoms with Gasteiger partial charge in [-0.25, -0.2) is 9.59 Å². The number of hydrogen-bond donors (Lipinski definition) is 3. The van der Waals surface area contributed by atoms with E-state index < -0.39 is 16.4 Å². The average Bonchev–Trinajstić information content (AvgIpc) is 3.39. The zero-order valence-corrected chi connectivity index (χ0v) is 19.3. The quantitative estimate of drug-likeness (QED) is 0.585. The first kappa shape index (κ1) is 21.4. The Morgan fingerprint density at radius 2 is 1.88 bits per heavy atom. The third kappa shape index (κ3) is 3.15. The summed E-state index contributed by atoms with van der Waals surface area (Å²) in [5.74, 6) is 0.0974. The van der Waals surface area contributed by atoms with Gasteiger partial charge in [-0.15, -0.1) is 23.2 Å². The highest BCUT2D eigenvalue weighted by Gasteiger charge is 2.69. The Hall–Kier alpha value is -2.45. The molecule has 4 atom stereocenters. The number of aromatic nitrogens is 1. The summed E-state index contributed by atoms with van der Waals surface area (Å²) in [7, 11) is 0. The number of amides is 4. The van der Waals surface area contributed by atoms with Crippen LogP contribution in [0.15, 0.2) is 30.5 Å². The van der Waals surface area contributed by atoms with Crippen molar-refractivity contribution >= 4 is 57.8 Å². The van der Waals surface area contributed by atoms with Crippen LogP contribution in [0, 0.1) is 17.3 Å². The van der Waals surface area contributed by atoms with Crippen molar-refractivity contribution in [2.75, 3.05) is 11.9 Å². The number of anilines is 1. The summed E-state index contributed by atoms with van der Waals surface area (Å²) >= 11 is 12.6. The number of nitrogens with one attached hydrogen (secondary N) is 2. The molecule has 2 heterocycles. The van der Waals surface area contributed by atoms with Gasteiger partial charge in [0, 0.05) is 35.5 Å². The summed E-state index contributed by atoms with van der Waals surface area (Å²) in [4.78, 5) is 39.6. The highest BCUT2D eigenvalue weighted by atomic mass is 35.5. The number of fused-ring (bicyclic) bond motifs is 2. The average molecular weight is 478 g/mol. The normalized spacial score (nSPS) is 28.8.